The van der Waals surface area contributed by atoms with Crippen LogP contribution in [0, 0.1) is 0 Å². The molecular weight excluding hydrogens is 226 g/mol. The summed E-state index contributed by atoms with van der Waals surface area (Å²) in [5.41, 5.74) is 2.24. The van der Waals surface area contributed by atoms with Crippen molar-refractivity contribution in [1.82, 2.24) is 0 Å². The Labute approximate surface area is 109 Å². The predicted molar refractivity (Wildman–Crippen MR) is 74.9 cm³/mol. The van der Waals surface area contributed by atoms with Gasteiger partial charge in [-0.1, -0.05) is 25.2 Å². The summed E-state index contributed by atoms with van der Waals surface area (Å²) in [6.45, 7) is 5.15. The minimum Gasteiger partial charge on any atom is -0.388 e. The molecular formula is C15H21NO2. The largest absolute Gasteiger partial charge is 0.388 e. The first kappa shape index (κ1) is 14.6. The lowest BCUT2D eigenvalue weighted by molar-refractivity contribution is -0.113. The SMILES string of the molecule is C=C/C=C(/C(C)=O)C1=C(C=NC)CCCCC1O. The summed E-state index contributed by atoms with van der Waals surface area (Å²) in [5, 5.41) is 10.2. The molecule has 1 rings (SSSR count). The third-order valence-corrected chi connectivity index (χ3v) is 3.09. The molecule has 0 aromatic heterocycles. The number of ketones is 1. The Bertz CT molecular complexity index is 416. The summed E-state index contributed by atoms with van der Waals surface area (Å²) in [7, 11) is 1.70. The number of nitrogens with zero attached hydrogens (tertiary/aromatic N) is 1. The first-order valence-corrected chi connectivity index (χ1v) is 6.29. The van der Waals surface area contributed by atoms with E-state index in [1.165, 1.54) is 6.92 Å². The van der Waals surface area contributed by atoms with E-state index in [0.717, 1.165) is 30.4 Å². The number of hydrogen-bond donors (Lipinski definition) is 1. The van der Waals surface area contributed by atoms with Crippen LogP contribution in [0.4, 0.5) is 0 Å². The van der Waals surface area contributed by atoms with Crippen molar-refractivity contribution >= 4 is 12.0 Å². The molecule has 3 heteroatoms. The fourth-order valence-electron chi connectivity index (χ4n) is 2.30. The van der Waals surface area contributed by atoms with Crippen molar-refractivity contribution in [2.75, 3.05) is 7.05 Å². The number of carbonyl (C=O) groups excluding carboxylic acids is 1. The molecule has 0 heterocycles. The lowest BCUT2D eigenvalue weighted by Gasteiger charge is -2.17. The molecule has 3 nitrogen and oxygen atoms in total. The lowest BCUT2D eigenvalue weighted by atomic mass is 9.91. The highest BCUT2D eigenvalue weighted by molar-refractivity contribution is 6.00. The summed E-state index contributed by atoms with van der Waals surface area (Å²) in [5.74, 6) is -0.0483. The van der Waals surface area contributed by atoms with Gasteiger partial charge in [-0.2, -0.15) is 0 Å². The number of allylic oxidation sites excluding steroid dienone is 3. The summed E-state index contributed by atoms with van der Waals surface area (Å²) in [6, 6.07) is 0. The Kier molecular flexibility index (Phi) is 5.72. The minimum absolute atomic E-state index is 0.0483. The average Bonchev–Trinajstić information content (AvgIpc) is 2.49. The molecule has 1 N–H and O–H groups in total. The first-order valence-electron chi connectivity index (χ1n) is 6.29. The molecule has 1 aliphatic carbocycles. The molecule has 18 heavy (non-hydrogen) atoms. The summed E-state index contributed by atoms with van der Waals surface area (Å²) < 4.78 is 0. The molecule has 0 aromatic rings. The molecule has 0 aromatic carbocycles. The molecule has 0 bridgehead atoms. The topological polar surface area (TPSA) is 49.7 Å². The number of hydrogen-bond acceptors (Lipinski definition) is 3. The van der Waals surface area contributed by atoms with Gasteiger partial charge in [0.25, 0.3) is 0 Å². The quantitative estimate of drug-likeness (QED) is 0.471. The van der Waals surface area contributed by atoms with Crippen molar-refractivity contribution in [2.24, 2.45) is 4.99 Å². The van der Waals surface area contributed by atoms with E-state index in [-0.39, 0.29) is 5.78 Å². The smallest absolute Gasteiger partial charge is 0.160 e. The van der Waals surface area contributed by atoms with Gasteiger partial charge in [0.15, 0.2) is 5.78 Å². The molecule has 0 fully saturated rings. The van der Waals surface area contributed by atoms with Crippen molar-refractivity contribution in [3.63, 3.8) is 0 Å². The second-order valence-corrected chi connectivity index (χ2v) is 4.46. The summed E-state index contributed by atoms with van der Waals surface area (Å²) in [4.78, 5) is 15.8. The van der Waals surface area contributed by atoms with Gasteiger partial charge < -0.3 is 5.11 Å². The molecule has 0 radical (unpaired) electrons. The molecule has 1 unspecified atom stereocenters. The zero-order chi connectivity index (χ0) is 13.5. The average molecular weight is 247 g/mol. The standard InChI is InChI=1S/C15H21NO2/c1-4-7-13(11(2)17)15-12(10-16-3)8-5-6-9-14(15)18/h4,7,10,14,18H,1,5-6,8-9H2,2-3H3/b13-7-,16-10?. The van der Waals surface area contributed by atoms with Gasteiger partial charge in [-0.15, -0.1) is 0 Å². The molecule has 1 atom stereocenters. The number of aliphatic imine (C=N–C) groups is 1. The van der Waals surface area contributed by atoms with Crippen LogP contribution in [-0.2, 0) is 4.79 Å². The summed E-state index contributed by atoms with van der Waals surface area (Å²) >= 11 is 0. The van der Waals surface area contributed by atoms with Crippen LogP contribution in [0.15, 0.2) is 40.4 Å². The first-order chi connectivity index (χ1) is 8.61. The van der Waals surface area contributed by atoms with Crippen LogP contribution in [0.3, 0.4) is 0 Å². The van der Waals surface area contributed by atoms with E-state index in [2.05, 4.69) is 11.6 Å². The van der Waals surface area contributed by atoms with Crippen LogP contribution < -0.4 is 0 Å². The lowest BCUT2D eigenvalue weighted by Crippen LogP contribution is -2.17. The van der Waals surface area contributed by atoms with Gasteiger partial charge >= 0.3 is 0 Å². The maximum absolute atomic E-state index is 11.7. The van der Waals surface area contributed by atoms with Gasteiger partial charge in [-0.25, -0.2) is 0 Å². The number of carbonyl (C=O) groups is 1. The number of aliphatic hydroxyl groups excluding tert-OH is 1. The highest BCUT2D eigenvalue weighted by atomic mass is 16.3. The predicted octanol–water partition coefficient (Wildman–Crippen LogP) is 2.62. The van der Waals surface area contributed by atoms with Gasteiger partial charge in [-0.3, -0.25) is 9.79 Å². The van der Waals surface area contributed by atoms with Gasteiger partial charge in [-0.05, 0) is 37.3 Å². The highest BCUT2D eigenvalue weighted by Crippen LogP contribution is 2.29. The zero-order valence-electron chi connectivity index (χ0n) is 11.1. The molecule has 0 spiro atoms. The van der Waals surface area contributed by atoms with E-state index in [1.807, 2.05) is 0 Å². The molecule has 1 aliphatic rings. The Hall–Kier alpha value is -1.48. The van der Waals surface area contributed by atoms with Crippen molar-refractivity contribution in [3.05, 3.63) is 35.5 Å². The van der Waals surface area contributed by atoms with E-state index in [4.69, 9.17) is 0 Å². The monoisotopic (exact) mass is 247 g/mol. The Balaban J connectivity index is 3.35. The minimum atomic E-state index is -0.587. The van der Waals surface area contributed by atoms with Crippen LogP contribution in [0.5, 0.6) is 0 Å². The van der Waals surface area contributed by atoms with Crippen LogP contribution in [0.1, 0.15) is 32.6 Å². The second kappa shape index (κ2) is 7.07. The summed E-state index contributed by atoms with van der Waals surface area (Å²) in [6.07, 6.45) is 7.95. The van der Waals surface area contributed by atoms with Crippen molar-refractivity contribution < 1.29 is 9.90 Å². The van der Waals surface area contributed by atoms with Crippen molar-refractivity contribution in [1.29, 1.82) is 0 Å². The Morgan fingerprint density at radius 1 is 1.50 bits per heavy atom. The van der Waals surface area contributed by atoms with Crippen LogP contribution >= 0.6 is 0 Å². The normalized spacial score (nSPS) is 22.2. The molecule has 0 aliphatic heterocycles. The molecule has 0 saturated heterocycles. The van der Waals surface area contributed by atoms with Crippen molar-refractivity contribution in [3.8, 4) is 0 Å². The third kappa shape index (κ3) is 3.50. The fraction of sp³-hybridized carbons (Fsp3) is 0.467. The van der Waals surface area contributed by atoms with Gasteiger partial charge in [0.2, 0.25) is 0 Å². The zero-order valence-corrected chi connectivity index (χ0v) is 11.1. The second-order valence-electron chi connectivity index (χ2n) is 4.46. The van der Waals surface area contributed by atoms with Crippen LogP contribution in [-0.4, -0.2) is 30.3 Å². The van der Waals surface area contributed by atoms with Gasteiger partial charge in [0, 0.05) is 18.8 Å². The van der Waals surface area contributed by atoms with Crippen LogP contribution in [0.2, 0.25) is 0 Å². The Morgan fingerprint density at radius 3 is 2.78 bits per heavy atom. The van der Waals surface area contributed by atoms with Gasteiger partial charge in [0.05, 0.1) is 6.10 Å². The number of rotatable bonds is 4. The molecule has 0 amide bonds. The molecule has 0 saturated carbocycles. The fourth-order valence-corrected chi connectivity index (χ4v) is 2.30. The number of aliphatic hydroxyl groups is 1. The third-order valence-electron chi connectivity index (χ3n) is 3.09. The maximum atomic E-state index is 11.7. The highest BCUT2D eigenvalue weighted by Gasteiger charge is 2.23. The van der Waals surface area contributed by atoms with E-state index in [9.17, 15) is 9.90 Å². The number of Topliss-reactive ketones (excluding diaryl/α,β-unsaturated/α-hetero) is 1. The van der Waals surface area contributed by atoms with Crippen LogP contribution in [0.25, 0.3) is 0 Å². The van der Waals surface area contributed by atoms with Gasteiger partial charge in [0.1, 0.15) is 0 Å². The van der Waals surface area contributed by atoms with Crippen molar-refractivity contribution in [2.45, 2.75) is 38.7 Å². The maximum Gasteiger partial charge on any atom is 0.160 e. The Morgan fingerprint density at radius 2 is 2.22 bits per heavy atom. The molecule has 98 valence electrons. The van der Waals surface area contributed by atoms with E-state index >= 15 is 0 Å². The van der Waals surface area contributed by atoms with E-state index < -0.39 is 6.10 Å². The van der Waals surface area contributed by atoms with E-state index in [1.54, 1.807) is 25.4 Å². The van der Waals surface area contributed by atoms with E-state index in [0.29, 0.717) is 12.0 Å².